The van der Waals surface area contributed by atoms with E-state index in [1.54, 1.807) is 7.11 Å². The van der Waals surface area contributed by atoms with E-state index in [9.17, 15) is 4.79 Å². The number of rotatable bonds is 5. The van der Waals surface area contributed by atoms with Gasteiger partial charge < -0.3 is 15.0 Å². The molecule has 0 radical (unpaired) electrons. The molecular formula is C16H24N2O2. The third-order valence-corrected chi connectivity index (χ3v) is 3.77. The Morgan fingerprint density at radius 3 is 2.85 bits per heavy atom. The number of hydrogen-bond donors (Lipinski definition) is 1. The maximum Gasteiger partial charge on any atom is 0.225 e. The van der Waals surface area contributed by atoms with Crippen molar-refractivity contribution in [1.29, 1.82) is 0 Å². The summed E-state index contributed by atoms with van der Waals surface area (Å²) in [5.41, 5.74) is 1.28. The van der Waals surface area contributed by atoms with Crippen molar-refractivity contribution in [3.63, 3.8) is 0 Å². The van der Waals surface area contributed by atoms with Crippen molar-refractivity contribution >= 4 is 5.91 Å². The summed E-state index contributed by atoms with van der Waals surface area (Å²) in [7, 11) is 1.63. The van der Waals surface area contributed by atoms with Gasteiger partial charge in [0.15, 0.2) is 0 Å². The third kappa shape index (κ3) is 4.05. The van der Waals surface area contributed by atoms with Gasteiger partial charge in [0.2, 0.25) is 5.91 Å². The highest BCUT2D eigenvalue weighted by Crippen LogP contribution is 2.14. The predicted octanol–water partition coefficient (Wildman–Crippen LogP) is 1.45. The van der Waals surface area contributed by atoms with Crippen molar-refractivity contribution in [3.8, 4) is 0 Å². The molecule has 0 aromatic heterocycles. The topological polar surface area (TPSA) is 41.6 Å². The first-order valence-electron chi connectivity index (χ1n) is 7.26. The Morgan fingerprint density at radius 2 is 2.15 bits per heavy atom. The van der Waals surface area contributed by atoms with Crippen molar-refractivity contribution < 1.29 is 9.53 Å². The smallest absolute Gasteiger partial charge is 0.225 e. The van der Waals surface area contributed by atoms with Crippen LogP contribution in [-0.4, -0.2) is 49.7 Å². The molecule has 2 atom stereocenters. The quantitative estimate of drug-likeness (QED) is 0.885. The lowest BCUT2D eigenvalue weighted by Gasteiger charge is -2.39. The number of amides is 1. The van der Waals surface area contributed by atoms with Crippen LogP contribution in [0.3, 0.4) is 0 Å². The second-order valence-electron chi connectivity index (χ2n) is 5.44. The average Bonchev–Trinajstić information content (AvgIpc) is 2.47. The zero-order valence-corrected chi connectivity index (χ0v) is 12.3. The van der Waals surface area contributed by atoms with Gasteiger partial charge >= 0.3 is 0 Å². The minimum absolute atomic E-state index is 0.195. The summed E-state index contributed by atoms with van der Waals surface area (Å²) in [5.74, 6) is 0.195. The van der Waals surface area contributed by atoms with Crippen molar-refractivity contribution in [2.45, 2.75) is 31.8 Å². The van der Waals surface area contributed by atoms with E-state index in [0.29, 0.717) is 19.1 Å². The Hall–Kier alpha value is -1.39. The van der Waals surface area contributed by atoms with Crippen LogP contribution < -0.4 is 5.32 Å². The zero-order valence-electron chi connectivity index (χ0n) is 12.3. The van der Waals surface area contributed by atoms with E-state index >= 15 is 0 Å². The van der Waals surface area contributed by atoms with Gasteiger partial charge in [-0.05, 0) is 18.9 Å². The fourth-order valence-electron chi connectivity index (χ4n) is 2.66. The van der Waals surface area contributed by atoms with Gasteiger partial charge in [0.05, 0.1) is 13.0 Å². The highest BCUT2D eigenvalue weighted by Gasteiger charge is 2.29. The van der Waals surface area contributed by atoms with E-state index in [0.717, 1.165) is 19.5 Å². The van der Waals surface area contributed by atoms with E-state index in [2.05, 4.69) is 24.4 Å². The lowest BCUT2D eigenvalue weighted by molar-refractivity contribution is -0.136. The van der Waals surface area contributed by atoms with Crippen LogP contribution in [0.5, 0.6) is 0 Å². The number of methoxy groups -OCH3 is 1. The van der Waals surface area contributed by atoms with E-state index in [1.165, 1.54) is 5.56 Å². The van der Waals surface area contributed by atoms with Crippen LogP contribution in [0.4, 0.5) is 0 Å². The summed E-state index contributed by atoms with van der Waals surface area (Å²) in [4.78, 5) is 14.3. The molecule has 1 aliphatic rings. The van der Waals surface area contributed by atoms with Gasteiger partial charge in [0, 0.05) is 32.3 Å². The molecule has 1 aromatic rings. The lowest BCUT2D eigenvalue weighted by atomic mass is 10.0. The number of carbonyl (C=O) groups excluding carboxylic acids is 1. The summed E-state index contributed by atoms with van der Waals surface area (Å²) in [6.07, 6.45) is 1.37. The molecule has 1 amide bonds. The molecule has 1 aliphatic heterocycles. The number of benzene rings is 1. The molecule has 1 N–H and O–H groups in total. The largest absolute Gasteiger partial charge is 0.384 e. The second kappa shape index (κ2) is 7.41. The summed E-state index contributed by atoms with van der Waals surface area (Å²) < 4.78 is 5.02. The van der Waals surface area contributed by atoms with Crippen molar-refractivity contribution in [2.24, 2.45) is 0 Å². The van der Waals surface area contributed by atoms with Gasteiger partial charge in [-0.3, -0.25) is 4.79 Å². The third-order valence-electron chi connectivity index (χ3n) is 3.77. The molecule has 1 heterocycles. The van der Waals surface area contributed by atoms with Crippen LogP contribution >= 0.6 is 0 Å². The number of carbonyl (C=O) groups is 1. The molecule has 20 heavy (non-hydrogen) atoms. The normalized spacial score (nSPS) is 22.8. The fourth-order valence-corrected chi connectivity index (χ4v) is 2.66. The van der Waals surface area contributed by atoms with Crippen LogP contribution in [0, 0.1) is 0 Å². The van der Waals surface area contributed by atoms with Gasteiger partial charge in [-0.1, -0.05) is 30.3 Å². The Balaban J connectivity index is 2.02. The summed E-state index contributed by atoms with van der Waals surface area (Å²) in [6, 6.07) is 10.9. The van der Waals surface area contributed by atoms with Crippen molar-refractivity contribution in [2.75, 3.05) is 26.8 Å². The minimum Gasteiger partial charge on any atom is -0.384 e. The number of hydrogen-bond acceptors (Lipinski definition) is 3. The Morgan fingerprint density at radius 1 is 1.40 bits per heavy atom. The summed E-state index contributed by atoms with van der Waals surface area (Å²) in [6.45, 7) is 4.25. The number of nitrogens with zero attached hydrogens (tertiary/aromatic N) is 1. The molecule has 0 spiro atoms. The molecule has 1 fully saturated rings. The van der Waals surface area contributed by atoms with Crippen LogP contribution in [0.15, 0.2) is 30.3 Å². The Labute approximate surface area is 121 Å². The number of piperazine rings is 1. The molecule has 0 saturated carbocycles. The van der Waals surface area contributed by atoms with Gasteiger partial charge in [-0.15, -0.1) is 0 Å². The van der Waals surface area contributed by atoms with E-state index in [4.69, 9.17) is 4.74 Å². The SMILES string of the molecule is COCCC(=O)N1CC(C)NCC1Cc1ccccc1. The maximum atomic E-state index is 12.3. The molecule has 0 bridgehead atoms. The highest BCUT2D eigenvalue weighted by molar-refractivity contribution is 5.77. The predicted molar refractivity (Wildman–Crippen MR) is 79.6 cm³/mol. The van der Waals surface area contributed by atoms with Crippen molar-refractivity contribution in [3.05, 3.63) is 35.9 Å². The Kier molecular flexibility index (Phi) is 5.56. The second-order valence-corrected chi connectivity index (χ2v) is 5.44. The molecule has 0 aliphatic carbocycles. The monoisotopic (exact) mass is 276 g/mol. The molecule has 4 nitrogen and oxygen atoms in total. The van der Waals surface area contributed by atoms with E-state index < -0.39 is 0 Å². The molecule has 1 saturated heterocycles. The first kappa shape index (κ1) is 15.0. The highest BCUT2D eigenvalue weighted by atomic mass is 16.5. The molecule has 2 unspecified atom stereocenters. The maximum absolute atomic E-state index is 12.3. The zero-order chi connectivity index (χ0) is 14.4. The first-order valence-corrected chi connectivity index (χ1v) is 7.26. The average molecular weight is 276 g/mol. The molecule has 1 aromatic carbocycles. The van der Waals surface area contributed by atoms with Crippen LogP contribution in [0.2, 0.25) is 0 Å². The number of ether oxygens (including phenoxy) is 1. The van der Waals surface area contributed by atoms with Crippen molar-refractivity contribution in [1.82, 2.24) is 10.2 Å². The van der Waals surface area contributed by atoms with Crippen LogP contribution in [-0.2, 0) is 16.0 Å². The van der Waals surface area contributed by atoms with Crippen LogP contribution in [0.1, 0.15) is 18.9 Å². The Bertz CT molecular complexity index is 422. The van der Waals surface area contributed by atoms with Gasteiger partial charge in [0.1, 0.15) is 0 Å². The molecule has 110 valence electrons. The van der Waals surface area contributed by atoms with Gasteiger partial charge in [-0.25, -0.2) is 0 Å². The fraction of sp³-hybridized carbons (Fsp3) is 0.562. The molecule has 2 rings (SSSR count). The molecular weight excluding hydrogens is 252 g/mol. The summed E-state index contributed by atoms with van der Waals surface area (Å²) in [5, 5.41) is 3.47. The standard InChI is InChI=1S/C16H24N2O2/c1-13-12-18(16(19)8-9-20-2)15(11-17-13)10-14-6-4-3-5-7-14/h3-7,13,15,17H,8-12H2,1-2H3. The minimum atomic E-state index is 0.195. The summed E-state index contributed by atoms with van der Waals surface area (Å²) >= 11 is 0. The van der Waals surface area contributed by atoms with E-state index in [-0.39, 0.29) is 11.9 Å². The van der Waals surface area contributed by atoms with Gasteiger partial charge in [-0.2, -0.15) is 0 Å². The number of nitrogens with one attached hydrogen (secondary N) is 1. The molecule has 4 heteroatoms. The van der Waals surface area contributed by atoms with Crippen LogP contribution in [0.25, 0.3) is 0 Å². The lowest BCUT2D eigenvalue weighted by Crippen LogP contribution is -2.58. The van der Waals surface area contributed by atoms with E-state index in [1.807, 2.05) is 23.1 Å². The first-order chi connectivity index (χ1) is 9.70. The van der Waals surface area contributed by atoms with Gasteiger partial charge in [0.25, 0.3) is 0 Å².